The third-order valence-electron chi connectivity index (χ3n) is 2.73. The van der Waals surface area contributed by atoms with E-state index in [1.165, 1.54) is 25.7 Å². The van der Waals surface area contributed by atoms with E-state index in [0.29, 0.717) is 5.41 Å². The molecule has 0 bridgehead atoms. The molecule has 0 aliphatic heterocycles. The van der Waals surface area contributed by atoms with Crippen molar-refractivity contribution in [2.45, 2.75) is 46.5 Å². The summed E-state index contributed by atoms with van der Waals surface area (Å²) in [5, 5.41) is 0. The molecule has 0 spiro atoms. The number of ether oxygens (including phenoxy) is 1. The summed E-state index contributed by atoms with van der Waals surface area (Å²) in [5.74, 6) is 0. The summed E-state index contributed by atoms with van der Waals surface area (Å²) < 4.78 is 5.24. The van der Waals surface area contributed by atoms with E-state index in [9.17, 15) is 0 Å². The van der Waals surface area contributed by atoms with E-state index >= 15 is 0 Å². The van der Waals surface area contributed by atoms with Gasteiger partial charge in [0.1, 0.15) is 0 Å². The first kappa shape index (κ1) is 11.0. The summed E-state index contributed by atoms with van der Waals surface area (Å²) in [4.78, 5) is 0. The van der Waals surface area contributed by atoms with Crippen molar-refractivity contribution in [3.63, 3.8) is 0 Å². The van der Waals surface area contributed by atoms with Crippen LogP contribution < -0.4 is 0 Å². The number of hydrogen-bond donors (Lipinski definition) is 0. The number of hydrogen-bond acceptors (Lipinski definition) is 1. The minimum absolute atomic E-state index is 0.462. The predicted molar refractivity (Wildman–Crippen MR) is 49.8 cm³/mol. The van der Waals surface area contributed by atoms with Gasteiger partial charge >= 0.3 is 0 Å². The molecule has 0 aromatic carbocycles. The van der Waals surface area contributed by atoms with Crippen molar-refractivity contribution in [3.05, 3.63) is 0 Å². The van der Waals surface area contributed by atoms with E-state index in [1.54, 1.807) is 7.11 Å². The Labute approximate surface area is 71.1 Å². The maximum Gasteiger partial charge on any atom is 0.0518 e. The van der Waals surface area contributed by atoms with Gasteiger partial charge in [0.05, 0.1) is 6.61 Å². The fraction of sp³-hybridized carbons (Fsp3) is 1.00. The Kier molecular flexibility index (Phi) is 5.57. The van der Waals surface area contributed by atoms with Crippen LogP contribution >= 0.6 is 0 Å². The molecule has 0 fully saturated rings. The summed E-state index contributed by atoms with van der Waals surface area (Å²) in [6, 6.07) is 0. The Hall–Kier alpha value is -0.0400. The molecule has 0 amide bonds. The average Bonchev–Trinajstić information content (AvgIpc) is 2.04. The first-order chi connectivity index (χ1) is 5.24. The fourth-order valence-electron chi connectivity index (χ4n) is 1.72. The monoisotopic (exact) mass is 158 g/mol. The van der Waals surface area contributed by atoms with Crippen LogP contribution in [-0.4, -0.2) is 13.7 Å². The molecule has 0 heterocycles. The molecule has 0 radical (unpaired) electrons. The van der Waals surface area contributed by atoms with Crippen LogP contribution in [0.1, 0.15) is 46.5 Å². The van der Waals surface area contributed by atoms with Gasteiger partial charge < -0.3 is 4.74 Å². The van der Waals surface area contributed by atoms with Gasteiger partial charge in [0.25, 0.3) is 0 Å². The molecular weight excluding hydrogens is 136 g/mol. The van der Waals surface area contributed by atoms with Gasteiger partial charge in [-0.1, -0.05) is 27.2 Å². The van der Waals surface area contributed by atoms with Crippen LogP contribution in [0.2, 0.25) is 0 Å². The molecule has 0 rings (SSSR count). The van der Waals surface area contributed by atoms with Crippen molar-refractivity contribution in [2.75, 3.05) is 13.7 Å². The Morgan fingerprint density at radius 2 is 1.64 bits per heavy atom. The highest BCUT2D eigenvalue weighted by Gasteiger charge is 2.24. The van der Waals surface area contributed by atoms with Crippen LogP contribution in [0.5, 0.6) is 0 Å². The third kappa shape index (κ3) is 3.24. The van der Waals surface area contributed by atoms with Crippen molar-refractivity contribution in [1.29, 1.82) is 0 Å². The number of methoxy groups -OCH3 is 1. The predicted octanol–water partition coefficient (Wildman–Crippen LogP) is 3.24. The molecule has 11 heavy (non-hydrogen) atoms. The molecule has 1 nitrogen and oxygen atoms in total. The topological polar surface area (TPSA) is 9.23 Å². The lowest BCUT2D eigenvalue weighted by molar-refractivity contribution is 0.0647. The standard InChI is InChI=1S/C10H22O/c1-5-8-10(6-2,7-3)9-11-4/h5-9H2,1-4H3. The first-order valence-electron chi connectivity index (χ1n) is 4.73. The molecule has 0 aliphatic carbocycles. The highest BCUT2D eigenvalue weighted by atomic mass is 16.5. The molecule has 0 atom stereocenters. The highest BCUT2D eigenvalue weighted by Crippen LogP contribution is 2.31. The van der Waals surface area contributed by atoms with E-state index in [-0.39, 0.29) is 0 Å². The Bertz CT molecular complexity index is 76.9. The lowest BCUT2D eigenvalue weighted by Gasteiger charge is -2.30. The van der Waals surface area contributed by atoms with Gasteiger partial charge in [-0.15, -0.1) is 0 Å². The second-order valence-corrected chi connectivity index (χ2v) is 3.39. The Balaban J connectivity index is 3.96. The summed E-state index contributed by atoms with van der Waals surface area (Å²) in [5.41, 5.74) is 0.462. The van der Waals surface area contributed by atoms with E-state index < -0.39 is 0 Å². The fourth-order valence-corrected chi connectivity index (χ4v) is 1.72. The van der Waals surface area contributed by atoms with Crippen LogP contribution in [0.3, 0.4) is 0 Å². The van der Waals surface area contributed by atoms with Crippen LogP contribution in [0.15, 0.2) is 0 Å². The van der Waals surface area contributed by atoms with Crippen LogP contribution in [-0.2, 0) is 4.74 Å². The van der Waals surface area contributed by atoms with E-state index in [0.717, 1.165) is 6.61 Å². The van der Waals surface area contributed by atoms with Crippen molar-refractivity contribution in [2.24, 2.45) is 5.41 Å². The van der Waals surface area contributed by atoms with E-state index in [2.05, 4.69) is 20.8 Å². The zero-order valence-corrected chi connectivity index (χ0v) is 8.44. The van der Waals surface area contributed by atoms with Gasteiger partial charge in [0.15, 0.2) is 0 Å². The second kappa shape index (κ2) is 5.59. The molecular formula is C10H22O. The molecule has 0 N–H and O–H groups in total. The van der Waals surface area contributed by atoms with E-state index in [4.69, 9.17) is 4.74 Å². The normalized spacial score (nSPS) is 12.0. The minimum atomic E-state index is 0.462. The van der Waals surface area contributed by atoms with Gasteiger partial charge in [0.2, 0.25) is 0 Å². The van der Waals surface area contributed by atoms with Crippen LogP contribution in [0.4, 0.5) is 0 Å². The minimum Gasteiger partial charge on any atom is -0.384 e. The first-order valence-corrected chi connectivity index (χ1v) is 4.73. The lowest BCUT2D eigenvalue weighted by Crippen LogP contribution is -2.24. The summed E-state index contributed by atoms with van der Waals surface area (Å²) in [7, 11) is 1.80. The highest BCUT2D eigenvalue weighted by molar-refractivity contribution is 4.75. The number of rotatable bonds is 6. The summed E-state index contributed by atoms with van der Waals surface area (Å²) in [6.45, 7) is 7.69. The molecule has 68 valence electrons. The molecule has 1 heteroatoms. The van der Waals surface area contributed by atoms with Gasteiger partial charge in [-0.25, -0.2) is 0 Å². The zero-order chi connectivity index (χ0) is 8.74. The smallest absolute Gasteiger partial charge is 0.0518 e. The Morgan fingerprint density at radius 1 is 1.09 bits per heavy atom. The van der Waals surface area contributed by atoms with Crippen LogP contribution in [0.25, 0.3) is 0 Å². The largest absolute Gasteiger partial charge is 0.384 e. The maximum atomic E-state index is 5.24. The quantitative estimate of drug-likeness (QED) is 0.576. The molecule has 0 unspecified atom stereocenters. The Morgan fingerprint density at radius 3 is 1.91 bits per heavy atom. The van der Waals surface area contributed by atoms with Gasteiger partial charge in [-0.2, -0.15) is 0 Å². The zero-order valence-electron chi connectivity index (χ0n) is 8.44. The molecule has 0 aromatic heterocycles. The van der Waals surface area contributed by atoms with Crippen LogP contribution in [0, 0.1) is 5.41 Å². The maximum absolute atomic E-state index is 5.24. The summed E-state index contributed by atoms with van der Waals surface area (Å²) in [6.07, 6.45) is 5.05. The summed E-state index contributed by atoms with van der Waals surface area (Å²) >= 11 is 0. The van der Waals surface area contributed by atoms with Gasteiger partial charge in [-0.3, -0.25) is 0 Å². The molecule has 0 aromatic rings. The molecule has 0 aliphatic rings. The van der Waals surface area contributed by atoms with Gasteiger partial charge in [0, 0.05) is 7.11 Å². The van der Waals surface area contributed by atoms with Crippen molar-refractivity contribution < 1.29 is 4.74 Å². The van der Waals surface area contributed by atoms with E-state index in [1.807, 2.05) is 0 Å². The lowest BCUT2D eigenvalue weighted by atomic mass is 9.79. The second-order valence-electron chi connectivity index (χ2n) is 3.39. The third-order valence-corrected chi connectivity index (χ3v) is 2.73. The van der Waals surface area contributed by atoms with Crippen molar-refractivity contribution in [3.8, 4) is 0 Å². The van der Waals surface area contributed by atoms with Gasteiger partial charge in [-0.05, 0) is 24.7 Å². The SMILES string of the molecule is CCCC(CC)(CC)COC. The molecule has 0 saturated carbocycles. The average molecular weight is 158 g/mol. The van der Waals surface area contributed by atoms with Crippen molar-refractivity contribution >= 4 is 0 Å². The molecule has 0 saturated heterocycles. The van der Waals surface area contributed by atoms with Crippen molar-refractivity contribution in [1.82, 2.24) is 0 Å².